The molecule has 3 aromatic rings. The molecule has 0 spiro atoms. The molecule has 180 valence electrons. The van der Waals surface area contributed by atoms with E-state index in [9.17, 15) is 4.79 Å². The lowest BCUT2D eigenvalue weighted by atomic mass is 10.2. The summed E-state index contributed by atoms with van der Waals surface area (Å²) in [6.45, 7) is 5.82. The Balaban J connectivity index is 1.31. The van der Waals surface area contributed by atoms with Crippen molar-refractivity contribution in [3.63, 3.8) is 0 Å². The van der Waals surface area contributed by atoms with E-state index in [1.807, 2.05) is 42.5 Å². The first-order valence-corrected chi connectivity index (χ1v) is 11.4. The van der Waals surface area contributed by atoms with E-state index in [4.69, 9.17) is 18.7 Å². The van der Waals surface area contributed by atoms with Crippen LogP contribution in [-0.2, 0) is 22.7 Å². The van der Waals surface area contributed by atoms with Crippen LogP contribution in [0.15, 0.2) is 47.0 Å². The second kappa shape index (κ2) is 11.6. The van der Waals surface area contributed by atoms with Crippen LogP contribution in [-0.4, -0.2) is 54.3 Å². The lowest BCUT2D eigenvalue weighted by Gasteiger charge is -2.16. The zero-order valence-corrected chi connectivity index (χ0v) is 19.6. The highest BCUT2D eigenvalue weighted by Crippen LogP contribution is 2.31. The number of aromatic nitrogens is 2. The lowest BCUT2D eigenvalue weighted by Crippen LogP contribution is -2.25. The molecule has 1 aliphatic heterocycles. The minimum atomic E-state index is -0.116. The summed E-state index contributed by atoms with van der Waals surface area (Å²) >= 11 is 0. The van der Waals surface area contributed by atoms with Gasteiger partial charge in [0.1, 0.15) is 13.2 Å². The van der Waals surface area contributed by atoms with Crippen molar-refractivity contribution in [2.45, 2.75) is 33.0 Å². The minimum Gasteiger partial charge on any atom is -0.493 e. The van der Waals surface area contributed by atoms with Crippen LogP contribution in [0.5, 0.6) is 11.5 Å². The molecule has 2 heterocycles. The Bertz CT molecular complexity index is 1090. The summed E-state index contributed by atoms with van der Waals surface area (Å²) in [6, 6.07) is 13.1. The van der Waals surface area contributed by atoms with Crippen molar-refractivity contribution in [2.75, 3.05) is 38.7 Å². The SMILES string of the molecule is COc1cc(-c2noc(COCc3cccc(NC(C)=O)c3)n2)ccc1OCCN1CCCC1. The van der Waals surface area contributed by atoms with Gasteiger partial charge in [0.05, 0.1) is 13.7 Å². The normalized spacial score (nSPS) is 13.7. The molecule has 0 bridgehead atoms. The fourth-order valence-corrected chi connectivity index (χ4v) is 3.85. The number of methoxy groups -OCH3 is 1. The summed E-state index contributed by atoms with van der Waals surface area (Å²) in [5.74, 6) is 2.03. The van der Waals surface area contributed by atoms with E-state index >= 15 is 0 Å². The maximum absolute atomic E-state index is 11.2. The molecule has 4 rings (SSSR count). The van der Waals surface area contributed by atoms with Gasteiger partial charge in [-0.05, 0) is 61.8 Å². The topological polar surface area (TPSA) is 99.0 Å². The second-order valence-corrected chi connectivity index (χ2v) is 8.15. The molecule has 1 amide bonds. The Morgan fingerprint density at radius 1 is 1.12 bits per heavy atom. The smallest absolute Gasteiger partial charge is 0.252 e. The molecule has 1 fully saturated rings. The Morgan fingerprint density at radius 3 is 2.76 bits per heavy atom. The number of benzene rings is 2. The van der Waals surface area contributed by atoms with Gasteiger partial charge in [-0.3, -0.25) is 9.69 Å². The van der Waals surface area contributed by atoms with Gasteiger partial charge in [-0.15, -0.1) is 0 Å². The number of hydrogen-bond acceptors (Lipinski definition) is 8. The Kier molecular flexibility index (Phi) is 8.11. The number of amides is 1. The van der Waals surface area contributed by atoms with E-state index in [0.717, 1.165) is 36.4 Å². The highest BCUT2D eigenvalue weighted by Gasteiger charge is 2.14. The first kappa shape index (κ1) is 23.7. The predicted molar refractivity (Wildman–Crippen MR) is 127 cm³/mol. The van der Waals surface area contributed by atoms with Crippen LogP contribution in [0, 0.1) is 0 Å². The lowest BCUT2D eigenvalue weighted by molar-refractivity contribution is -0.114. The maximum Gasteiger partial charge on any atom is 0.252 e. The van der Waals surface area contributed by atoms with E-state index in [1.54, 1.807) is 7.11 Å². The van der Waals surface area contributed by atoms with Crippen molar-refractivity contribution in [1.29, 1.82) is 0 Å². The van der Waals surface area contributed by atoms with Crippen molar-refractivity contribution in [3.8, 4) is 22.9 Å². The first-order valence-electron chi connectivity index (χ1n) is 11.4. The van der Waals surface area contributed by atoms with Gasteiger partial charge in [0, 0.05) is 24.7 Å². The van der Waals surface area contributed by atoms with Crippen LogP contribution in [0.2, 0.25) is 0 Å². The number of ether oxygens (including phenoxy) is 3. The molecule has 34 heavy (non-hydrogen) atoms. The molecule has 1 aliphatic rings. The molecule has 2 aromatic carbocycles. The summed E-state index contributed by atoms with van der Waals surface area (Å²) in [4.78, 5) is 18.0. The van der Waals surface area contributed by atoms with Gasteiger partial charge in [0.25, 0.3) is 5.89 Å². The second-order valence-electron chi connectivity index (χ2n) is 8.15. The van der Waals surface area contributed by atoms with Crippen molar-refractivity contribution in [1.82, 2.24) is 15.0 Å². The van der Waals surface area contributed by atoms with Crippen LogP contribution in [0.1, 0.15) is 31.2 Å². The van der Waals surface area contributed by atoms with Crippen LogP contribution in [0.3, 0.4) is 0 Å². The first-order chi connectivity index (χ1) is 16.6. The van der Waals surface area contributed by atoms with E-state index in [-0.39, 0.29) is 12.5 Å². The van der Waals surface area contributed by atoms with Gasteiger partial charge < -0.3 is 24.1 Å². The summed E-state index contributed by atoms with van der Waals surface area (Å²) in [5.41, 5.74) is 2.42. The molecule has 1 N–H and O–H groups in total. The van der Waals surface area contributed by atoms with Gasteiger partial charge in [-0.1, -0.05) is 17.3 Å². The average molecular weight is 467 g/mol. The standard InChI is InChI=1S/C25H30N4O5/c1-18(30)26-21-7-5-6-19(14-21)16-32-17-24-27-25(28-34-24)20-8-9-22(23(15-20)31-2)33-13-12-29-10-3-4-11-29/h5-9,14-15H,3-4,10-13,16-17H2,1-2H3,(H,26,30). The largest absolute Gasteiger partial charge is 0.493 e. The van der Waals surface area contributed by atoms with Crippen LogP contribution >= 0.6 is 0 Å². The van der Waals surface area contributed by atoms with E-state index < -0.39 is 0 Å². The van der Waals surface area contributed by atoms with Gasteiger partial charge in [-0.2, -0.15) is 4.98 Å². The summed E-state index contributed by atoms with van der Waals surface area (Å²) in [6.07, 6.45) is 2.53. The van der Waals surface area contributed by atoms with E-state index in [0.29, 0.717) is 36.4 Å². The van der Waals surface area contributed by atoms with Crippen LogP contribution in [0.4, 0.5) is 5.69 Å². The molecule has 0 radical (unpaired) electrons. The molecule has 1 saturated heterocycles. The zero-order valence-electron chi connectivity index (χ0n) is 19.6. The van der Waals surface area contributed by atoms with Crippen molar-refractivity contribution in [2.24, 2.45) is 0 Å². The third-order valence-corrected chi connectivity index (χ3v) is 5.50. The van der Waals surface area contributed by atoms with Gasteiger partial charge in [-0.25, -0.2) is 0 Å². The molecule has 0 saturated carbocycles. The number of rotatable bonds is 11. The number of nitrogens with zero attached hydrogens (tertiary/aromatic N) is 3. The minimum absolute atomic E-state index is 0.116. The Labute approximate surface area is 199 Å². The molecule has 0 atom stereocenters. The molecule has 9 heteroatoms. The quantitative estimate of drug-likeness (QED) is 0.454. The molecular formula is C25H30N4O5. The highest BCUT2D eigenvalue weighted by molar-refractivity contribution is 5.88. The fourth-order valence-electron chi connectivity index (χ4n) is 3.85. The molecule has 1 aromatic heterocycles. The number of hydrogen-bond donors (Lipinski definition) is 1. The van der Waals surface area contributed by atoms with Gasteiger partial charge in [0.2, 0.25) is 11.7 Å². The van der Waals surface area contributed by atoms with Crippen molar-refractivity contribution in [3.05, 3.63) is 53.9 Å². The molecule has 9 nitrogen and oxygen atoms in total. The van der Waals surface area contributed by atoms with Crippen LogP contribution in [0.25, 0.3) is 11.4 Å². The maximum atomic E-state index is 11.2. The zero-order chi connectivity index (χ0) is 23.8. The summed E-state index contributed by atoms with van der Waals surface area (Å²) in [5, 5.41) is 6.82. The molecular weight excluding hydrogens is 436 g/mol. The number of nitrogens with one attached hydrogen (secondary N) is 1. The van der Waals surface area contributed by atoms with Crippen LogP contribution < -0.4 is 14.8 Å². The molecule has 0 unspecified atom stereocenters. The number of likely N-dealkylation sites (tertiary alicyclic amines) is 1. The Hall–Kier alpha value is -3.43. The van der Waals surface area contributed by atoms with E-state index in [1.165, 1.54) is 19.8 Å². The number of carbonyl (C=O) groups excluding carboxylic acids is 1. The predicted octanol–water partition coefficient (Wildman–Crippen LogP) is 3.90. The fraction of sp³-hybridized carbons (Fsp3) is 0.400. The average Bonchev–Trinajstić information content (AvgIpc) is 3.52. The third kappa shape index (κ3) is 6.55. The van der Waals surface area contributed by atoms with Gasteiger partial charge >= 0.3 is 0 Å². The highest BCUT2D eigenvalue weighted by atomic mass is 16.5. The summed E-state index contributed by atoms with van der Waals surface area (Å²) in [7, 11) is 1.61. The number of anilines is 1. The van der Waals surface area contributed by atoms with Crippen molar-refractivity contribution >= 4 is 11.6 Å². The summed E-state index contributed by atoms with van der Waals surface area (Å²) < 4.78 is 22.5. The van der Waals surface area contributed by atoms with Crippen molar-refractivity contribution < 1.29 is 23.5 Å². The monoisotopic (exact) mass is 466 g/mol. The number of carbonyl (C=O) groups is 1. The third-order valence-electron chi connectivity index (χ3n) is 5.50. The Morgan fingerprint density at radius 2 is 1.97 bits per heavy atom. The molecule has 0 aliphatic carbocycles. The van der Waals surface area contributed by atoms with Gasteiger partial charge in [0.15, 0.2) is 11.5 Å². The van der Waals surface area contributed by atoms with E-state index in [2.05, 4.69) is 20.4 Å².